The molecule has 0 spiro atoms. The van der Waals surface area contributed by atoms with E-state index in [4.69, 9.17) is 4.74 Å². The Morgan fingerprint density at radius 1 is 1.33 bits per heavy atom. The van der Waals surface area contributed by atoms with Crippen molar-refractivity contribution < 1.29 is 14.3 Å². The summed E-state index contributed by atoms with van der Waals surface area (Å²) in [5, 5.41) is 2.91. The number of amides is 2. The Kier molecular flexibility index (Phi) is 4.55. The van der Waals surface area contributed by atoms with E-state index in [9.17, 15) is 9.59 Å². The van der Waals surface area contributed by atoms with E-state index in [0.29, 0.717) is 25.4 Å². The molecule has 3 rings (SSSR count). The molecule has 2 heterocycles. The molecule has 24 heavy (non-hydrogen) atoms. The molecule has 1 atom stereocenters. The first-order valence-corrected chi connectivity index (χ1v) is 8.02. The van der Waals surface area contributed by atoms with E-state index in [2.05, 4.69) is 5.32 Å². The molecule has 126 valence electrons. The van der Waals surface area contributed by atoms with Crippen LogP contribution in [0.25, 0.3) is 0 Å². The lowest BCUT2D eigenvalue weighted by atomic mass is 10.1. The minimum atomic E-state index is -0.507. The van der Waals surface area contributed by atoms with E-state index in [1.54, 1.807) is 13.1 Å². The van der Waals surface area contributed by atoms with E-state index < -0.39 is 6.04 Å². The van der Waals surface area contributed by atoms with Crippen molar-refractivity contribution in [2.75, 3.05) is 13.7 Å². The summed E-state index contributed by atoms with van der Waals surface area (Å²) < 4.78 is 7.28. The van der Waals surface area contributed by atoms with Gasteiger partial charge in [-0.15, -0.1) is 0 Å². The smallest absolute Gasteiger partial charge is 0.270 e. The van der Waals surface area contributed by atoms with Crippen LogP contribution in [-0.2, 0) is 17.9 Å². The second-order valence-corrected chi connectivity index (χ2v) is 5.78. The Morgan fingerprint density at radius 2 is 2.17 bits per heavy atom. The third-order valence-electron chi connectivity index (χ3n) is 4.18. The highest BCUT2D eigenvalue weighted by Crippen LogP contribution is 2.17. The summed E-state index contributed by atoms with van der Waals surface area (Å²) in [5.41, 5.74) is 1.58. The Hall–Kier alpha value is -2.76. The lowest BCUT2D eigenvalue weighted by Crippen LogP contribution is -2.53. The average Bonchev–Trinajstić information content (AvgIpc) is 3.05. The predicted octanol–water partition coefficient (Wildman–Crippen LogP) is 1.66. The van der Waals surface area contributed by atoms with Crippen LogP contribution in [-0.4, -0.2) is 41.0 Å². The fourth-order valence-corrected chi connectivity index (χ4v) is 2.88. The van der Waals surface area contributed by atoms with Crippen LogP contribution >= 0.6 is 0 Å². The van der Waals surface area contributed by atoms with E-state index in [1.165, 1.54) is 4.90 Å². The monoisotopic (exact) mass is 327 g/mol. The van der Waals surface area contributed by atoms with E-state index >= 15 is 0 Å². The van der Waals surface area contributed by atoms with Gasteiger partial charge in [0.1, 0.15) is 17.5 Å². The van der Waals surface area contributed by atoms with Crippen LogP contribution < -0.4 is 10.1 Å². The zero-order valence-corrected chi connectivity index (χ0v) is 13.9. The molecule has 0 bridgehead atoms. The molecule has 1 aromatic heterocycles. The third kappa shape index (κ3) is 3.13. The highest BCUT2D eigenvalue weighted by Gasteiger charge is 2.33. The highest BCUT2D eigenvalue weighted by atomic mass is 16.5. The van der Waals surface area contributed by atoms with Crippen LogP contribution in [0.15, 0.2) is 42.6 Å². The third-order valence-corrected chi connectivity index (χ3v) is 4.18. The minimum absolute atomic E-state index is 0.134. The summed E-state index contributed by atoms with van der Waals surface area (Å²) in [6.07, 6.45) is 1.83. The van der Waals surface area contributed by atoms with Gasteiger partial charge in [0.2, 0.25) is 5.91 Å². The molecule has 2 aromatic rings. The molecule has 2 amide bonds. The summed E-state index contributed by atoms with van der Waals surface area (Å²) in [4.78, 5) is 26.3. The zero-order valence-electron chi connectivity index (χ0n) is 13.9. The van der Waals surface area contributed by atoms with Crippen molar-refractivity contribution in [1.82, 2.24) is 14.8 Å². The molecule has 1 aliphatic rings. The molecular formula is C18H21N3O3. The van der Waals surface area contributed by atoms with Gasteiger partial charge in [0.25, 0.3) is 5.91 Å². The summed E-state index contributed by atoms with van der Waals surface area (Å²) >= 11 is 0. The second kappa shape index (κ2) is 6.78. The number of carbonyl (C=O) groups excluding carboxylic acids is 2. The van der Waals surface area contributed by atoms with Crippen molar-refractivity contribution in [3.05, 3.63) is 53.9 Å². The molecule has 6 nitrogen and oxygen atoms in total. The number of aromatic nitrogens is 1. The highest BCUT2D eigenvalue weighted by molar-refractivity contribution is 5.97. The van der Waals surface area contributed by atoms with Gasteiger partial charge in [-0.1, -0.05) is 12.1 Å². The first-order chi connectivity index (χ1) is 11.6. The number of likely N-dealkylation sites (N-methyl/N-ethyl adjacent to an activating group) is 1. The van der Waals surface area contributed by atoms with E-state index in [-0.39, 0.29) is 11.8 Å². The number of hydrogen-bond donors (Lipinski definition) is 1. The van der Waals surface area contributed by atoms with Crippen LogP contribution in [0.5, 0.6) is 5.75 Å². The zero-order chi connectivity index (χ0) is 17.1. The number of ether oxygens (including phenoxy) is 1. The molecule has 6 heteroatoms. The Balaban J connectivity index is 1.65. The normalized spacial score (nSPS) is 16.7. The van der Waals surface area contributed by atoms with Gasteiger partial charge in [-0.05, 0) is 36.8 Å². The van der Waals surface area contributed by atoms with Gasteiger partial charge < -0.3 is 19.5 Å². The Bertz CT molecular complexity index is 753. The van der Waals surface area contributed by atoms with Gasteiger partial charge in [-0.2, -0.15) is 0 Å². The number of nitrogens with zero attached hydrogens (tertiary/aromatic N) is 2. The average molecular weight is 327 g/mol. The van der Waals surface area contributed by atoms with Gasteiger partial charge in [0.05, 0.1) is 13.2 Å². The predicted molar refractivity (Wildman–Crippen MR) is 89.8 cm³/mol. The molecule has 0 aliphatic carbocycles. The molecule has 0 radical (unpaired) electrons. The second-order valence-electron chi connectivity index (χ2n) is 5.78. The van der Waals surface area contributed by atoms with Crippen molar-refractivity contribution in [1.29, 1.82) is 0 Å². The molecule has 1 aliphatic heterocycles. The van der Waals surface area contributed by atoms with Crippen LogP contribution in [0, 0.1) is 0 Å². The van der Waals surface area contributed by atoms with Crippen molar-refractivity contribution >= 4 is 11.8 Å². The van der Waals surface area contributed by atoms with E-state index in [1.807, 2.05) is 48.0 Å². The fourth-order valence-electron chi connectivity index (χ4n) is 2.88. The lowest BCUT2D eigenvalue weighted by molar-refractivity contribution is -0.126. The van der Waals surface area contributed by atoms with Gasteiger partial charge in [-0.25, -0.2) is 0 Å². The molecule has 0 saturated carbocycles. The van der Waals surface area contributed by atoms with Crippen LogP contribution in [0.4, 0.5) is 0 Å². The minimum Gasteiger partial charge on any atom is -0.494 e. The maximum absolute atomic E-state index is 12.5. The number of carbonyl (C=O) groups is 2. The largest absolute Gasteiger partial charge is 0.494 e. The summed E-state index contributed by atoms with van der Waals surface area (Å²) in [7, 11) is 1.67. The first kappa shape index (κ1) is 16.1. The van der Waals surface area contributed by atoms with Gasteiger partial charge in [0.15, 0.2) is 0 Å². The number of hydrogen-bond acceptors (Lipinski definition) is 3. The summed E-state index contributed by atoms with van der Waals surface area (Å²) in [6.45, 7) is 3.40. The fraction of sp³-hybridized carbons (Fsp3) is 0.333. The quantitative estimate of drug-likeness (QED) is 0.908. The standard InChI is InChI=1S/C18H21N3O3/c1-3-24-14-7-4-6-13(10-14)11-19-17(22)16-12-21-9-5-8-15(21)18(23)20(16)2/h4-10,16H,3,11-12H2,1-2H3,(H,19,22). The first-order valence-electron chi connectivity index (χ1n) is 8.02. The summed E-state index contributed by atoms with van der Waals surface area (Å²) in [5.74, 6) is 0.489. The van der Waals surface area contributed by atoms with Crippen molar-refractivity contribution in [3.63, 3.8) is 0 Å². The Morgan fingerprint density at radius 3 is 2.96 bits per heavy atom. The van der Waals surface area contributed by atoms with Gasteiger partial charge in [0, 0.05) is 19.8 Å². The molecule has 1 aromatic carbocycles. The van der Waals surface area contributed by atoms with Crippen molar-refractivity contribution in [3.8, 4) is 5.75 Å². The topological polar surface area (TPSA) is 63.6 Å². The molecule has 1 unspecified atom stereocenters. The van der Waals surface area contributed by atoms with Gasteiger partial charge >= 0.3 is 0 Å². The maximum Gasteiger partial charge on any atom is 0.270 e. The van der Waals surface area contributed by atoms with E-state index in [0.717, 1.165) is 11.3 Å². The lowest BCUT2D eigenvalue weighted by Gasteiger charge is -2.32. The van der Waals surface area contributed by atoms with Crippen LogP contribution in [0.3, 0.4) is 0 Å². The SMILES string of the molecule is CCOc1cccc(CNC(=O)C2Cn3cccc3C(=O)N2C)c1. The molecular weight excluding hydrogens is 306 g/mol. The molecule has 0 saturated heterocycles. The van der Waals surface area contributed by atoms with Gasteiger partial charge in [-0.3, -0.25) is 9.59 Å². The molecule has 1 N–H and O–H groups in total. The number of benzene rings is 1. The van der Waals surface area contributed by atoms with Crippen LogP contribution in [0.1, 0.15) is 23.0 Å². The summed E-state index contributed by atoms with van der Waals surface area (Å²) in [6, 6.07) is 10.7. The maximum atomic E-state index is 12.5. The number of fused-ring (bicyclic) bond motifs is 1. The van der Waals surface area contributed by atoms with Crippen molar-refractivity contribution in [2.24, 2.45) is 0 Å². The van der Waals surface area contributed by atoms with Crippen molar-refractivity contribution in [2.45, 2.75) is 26.1 Å². The number of nitrogens with one attached hydrogen (secondary N) is 1. The van der Waals surface area contributed by atoms with Crippen LogP contribution in [0.2, 0.25) is 0 Å². The Labute approximate surface area is 141 Å². The molecule has 0 fully saturated rings. The number of rotatable bonds is 5.